The minimum absolute atomic E-state index is 0.0658. The first-order valence-corrected chi connectivity index (χ1v) is 7.53. The molecule has 0 spiro atoms. The molecular weight excluding hydrogens is 267 g/mol. The third-order valence-electron chi connectivity index (χ3n) is 4.16. The molecule has 2 rings (SSSR count). The summed E-state index contributed by atoms with van der Waals surface area (Å²) < 4.78 is 19.8. The lowest BCUT2D eigenvalue weighted by Gasteiger charge is -2.49. The van der Waals surface area contributed by atoms with Gasteiger partial charge in [-0.2, -0.15) is 0 Å². The maximum atomic E-state index is 14.6. The van der Waals surface area contributed by atoms with E-state index in [4.69, 9.17) is 4.74 Å². The van der Waals surface area contributed by atoms with Gasteiger partial charge in [0, 0.05) is 23.7 Å². The SMILES string of the molecule is COc1ccc(CN[C@@H]2CC(C)(C)NC(C)(C)[C@H]2F)cc1. The highest BCUT2D eigenvalue weighted by Gasteiger charge is 2.45. The number of piperidine rings is 1. The lowest BCUT2D eigenvalue weighted by Crippen LogP contribution is -2.68. The number of alkyl halides is 1. The van der Waals surface area contributed by atoms with Crippen molar-refractivity contribution in [3.63, 3.8) is 0 Å². The van der Waals surface area contributed by atoms with E-state index in [9.17, 15) is 4.39 Å². The molecule has 2 N–H and O–H groups in total. The van der Waals surface area contributed by atoms with Crippen LogP contribution in [0, 0.1) is 0 Å². The maximum Gasteiger partial charge on any atom is 0.133 e. The van der Waals surface area contributed by atoms with Crippen molar-refractivity contribution in [1.82, 2.24) is 10.6 Å². The normalized spacial score (nSPS) is 27.3. The Kier molecular flexibility index (Phi) is 4.59. The predicted molar refractivity (Wildman–Crippen MR) is 84.4 cm³/mol. The number of ether oxygens (including phenoxy) is 1. The van der Waals surface area contributed by atoms with E-state index >= 15 is 0 Å². The summed E-state index contributed by atoms with van der Waals surface area (Å²) in [6, 6.07) is 7.74. The van der Waals surface area contributed by atoms with E-state index in [1.807, 2.05) is 38.1 Å². The maximum absolute atomic E-state index is 14.6. The number of benzene rings is 1. The van der Waals surface area contributed by atoms with E-state index in [0.29, 0.717) is 6.54 Å². The fraction of sp³-hybridized carbons (Fsp3) is 0.647. The molecule has 1 aliphatic heterocycles. The Morgan fingerprint density at radius 3 is 2.43 bits per heavy atom. The molecule has 1 aliphatic rings. The fourth-order valence-corrected chi connectivity index (χ4v) is 3.32. The lowest BCUT2D eigenvalue weighted by molar-refractivity contribution is 0.0436. The first-order valence-electron chi connectivity index (χ1n) is 7.53. The molecule has 0 aromatic heterocycles. The Hall–Kier alpha value is -1.13. The minimum atomic E-state index is -0.913. The zero-order chi connectivity index (χ0) is 15.7. The van der Waals surface area contributed by atoms with Crippen LogP contribution < -0.4 is 15.4 Å². The summed E-state index contributed by atoms with van der Waals surface area (Å²) in [7, 11) is 1.65. The van der Waals surface area contributed by atoms with Gasteiger partial charge in [-0.1, -0.05) is 12.1 Å². The molecule has 0 amide bonds. The first-order chi connectivity index (χ1) is 9.73. The van der Waals surface area contributed by atoms with Crippen LogP contribution in [0.25, 0.3) is 0 Å². The standard InChI is InChI=1S/C17H27FN2O/c1-16(2)10-14(15(18)17(3,4)20-16)19-11-12-6-8-13(21-5)9-7-12/h6-9,14-15,19-20H,10-11H2,1-5H3/t14-,15+/m1/s1. The summed E-state index contributed by atoms with van der Waals surface area (Å²) in [5, 5.41) is 6.77. The van der Waals surface area contributed by atoms with Crippen molar-refractivity contribution in [2.75, 3.05) is 7.11 Å². The smallest absolute Gasteiger partial charge is 0.133 e. The Bertz CT molecular complexity index is 470. The van der Waals surface area contributed by atoms with E-state index in [-0.39, 0.29) is 11.6 Å². The van der Waals surface area contributed by atoms with Gasteiger partial charge in [-0.3, -0.25) is 0 Å². The van der Waals surface area contributed by atoms with Gasteiger partial charge in [0.25, 0.3) is 0 Å². The Labute approximate surface area is 127 Å². The second-order valence-electron chi connectivity index (χ2n) is 7.17. The molecule has 4 heteroatoms. The third kappa shape index (κ3) is 3.95. The molecule has 1 aromatic carbocycles. The van der Waals surface area contributed by atoms with Gasteiger partial charge in [-0.25, -0.2) is 4.39 Å². The second kappa shape index (κ2) is 5.93. The number of nitrogens with one attached hydrogen (secondary N) is 2. The zero-order valence-electron chi connectivity index (χ0n) is 13.7. The van der Waals surface area contributed by atoms with Gasteiger partial charge < -0.3 is 15.4 Å². The van der Waals surface area contributed by atoms with Crippen LogP contribution in [0.3, 0.4) is 0 Å². The molecule has 3 nitrogen and oxygen atoms in total. The molecule has 0 radical (unpaired) electrons. The topological polar surface area (TPSA) is 33.3 Å². The van der Waals surface area contributed by atoms with Crippen molar-refractivity contribution in [3.05, 3.63) is 29.8 Å². The molecule has 21 heavy (non-hydrogen) atoms. The molecule has 2 atom stereocenters. The van der Waals surface area contributed by atoms with Crippen LogP contribution in [-0.2, 0) is 6.54 Å². The third-order valence-corrected chi connectivity index (χ3v) is 4.16. The molecule has 1 fully saturated rings. The van der Waals surface area contributed by atoms with Crippen molar-refractivity contribution in [2.45, 2.75) is 64.0 Å². The molecule has 1 heterocycles. The van der Waals surface area contributed by atoms with E-state index in [1.165, 1.54) is 0 Å². The highest BCUT2D eigenvalue weighted by Crippen LogP contribution is 2.31. The lowest BCUT2D eigenvalue weighted by atomic mass is 9.78. The van der Waals surface area contributed by atoms with Crippen LogP contribution in [0.2, 0.25) is 0 Å². The fourth-order valence-electron chi connectivity index (χ4n) is 3.32. The van der Waals surface area contributed by atoms with Gasteiger partial charge in [0.1, 0.15) is 11.9 Å². The Morgan fingerprint density at radius 1 is 1.24 bits per heavy atom. The van der Waals surface area contributed by atoms with E-state index in [1.54, 1.807) is 7.11 Å². The highest BCUT2D eigenvalue weighted by atomic mass is 19.1. The van der Waals surface area contributed by atoms with Crippen molar-refractivity contribution in [1.29, 1.82) is 0 Å². The Morgan fingerprint density at radius 2 is 1.86 bits per heavy atom. The minimum Gasteiger partial charge on any atom is -0.497 e. The van der Waals surface area contributed by atoms with Crippen LogP contribution in [0.1, 0.15) is 39.7 Å². The molecule has 0 bridgehead atoms. The quantitative estimate of drug-likeness (QED) is 0.895. The van der Waals surface area contributed by atoms with Crippen LogP contribution in [0.15, 0.2) is 24.3 Å². The summed E-state index contributed by atoms with van der Waals surface area (Å²) in [6.45, 7) is 8.79. The van der Waals surface area contributed by atoms with Crippen LogP contribution >= 0.6 is 0 Å². The summed E-state index contributed by atoms with van der Waals surface area (Å²) in [5.74, 6) is 0.839. The molecule has 0 saturated carbocycles. The monoisotopic (exact) mass is 294 g/mol. The summed E-state index contributed by atoms with van der Waals surface area (Å²) in [5.41, 5.74) is 0.556. The molecule has 0 aliphatic carbocycles. The average Bonchev–Trinajstić information content (AvgIpc) is 2.40. The Balaban J connectivity index is 2.00. The molecule has 0 unspecified atom stereocenters. The van der Waals surface area contributed by atoms with Gasteiger partial charge in [0.15, 0.2) is 0 Å². The molecule has 1 saturated heterocycles. The molecule has 1 aromatic rings. The van der Waals surface area contributed by atoms with Crippen molar-refractivity contribution < 1.29 is 9.13 Å². The van der Waals surface area contributed by atoms with Gasteiger partial charge in [-0.05, 0) is 51.8 Å². The van der Waals surface area contributed by atoms with E-state index in [2.05, 4.69) is 24.5 Å². The van der Waals surface area contributed by atoms with Gasteiger partial charge >= 0.3 is 0 Å². The number of methoxy groups -OCH3 is 1. The highest BCUT2D eigenvalue weighted by molar-refractivity contribution is 5.27. The largest absolute Gasteiger partial charge is 0.497 e. The zero-order valence-corrected chi connectivity index (χ0v) is 13.7. The summed E-state index contributed by atoms with van der Waals surface area (Å²) >= 11 is 0. The second-order valence-corrected chi connectivity index (χ2v) is 7.17. The van der Waals surface area contributed by atoms with Crippen molar-refractivity contribution >= 4 is 0 Å². The first kappa shape index (κ1) is 16.2. The number of hydrogen-bond acceptors (Lipinski definition) is 3. The van der Waals surface area contributed by atoms with Gasteiger partial charge in [0.2, 0.25) is 0 Å². The van der Waals surface area contributed by atoms with E-state index < -0.39 is 11.7 Å². The van der Waals surface area contributed by atoms with Crippen LogP contribution in [-0.4, -0.2) is 30.4 Å². The number of rotatable bonds is 4. The van der Waals surface area contributed by atoms with Crippen molar-refractivity contribution in [2.24, 2.45) is 0 Å². The van der Waals surface area contributed by atoms with Gasteiger partial charge in [-0.15, -0.1) is 0 Å². The number of halogens is 1. The van der Waals surface area contributed by atoms with Crippen LogP contribution in [0.5, 0.6) is 5.75 Å². The van der Waals surface area contributed by atoms with Crippen molar-refractivity contribution in [3.8, 4) is 5.75 Å². The summed E-state index contributed by atoms with van der Waals surface area (Å²) in [6.07, 6.45) is -0.142. The average molecular weight is 294 g/mol. The molecular formula is C17H27FN2O. The molecule has 118 valence electrons. The van der Waals surface area contributed by atoms with Crippen LogP contribution in [0.4, 0.5) is 4.39 Å². The van der Waals surface area contributed by atoms with E-state index in [0.717, 1.165) is 17.7 Å². The summed E-state index contributed by atoms with van der Waals surface area (Å²) in [4.78, 5) is 0. The number of hydrogen-bond donors (Lipinski definition) is 2. The predicted octanol–water partition coefficient (Wildman–Crippen LogP) is 3.04. The van der Waals surface area contributed by atoms with Gasteiger partial charge in [0.05, 0.1) is 7.11 Å².